The van der Waals surface area contributed by atoms with E-state index in [0.29, 0.717) is 10.9 Å². The number of rotatable bonds is 7. The Hall–Kier alpha value is -0.740. The van der Waals surface area contributed by atoms with Gasteiger partial charge in [-0.1, -0.05) is 19.4 Å². The minimum Gasteiger partial charge on any atom is -0.328 e. The molecule has 2 atom stereocenters. The maximum Gasteiger partial charge on any atom is 0.140 e. The quantitative estimate of drug-likeness (QED) is 0.825. The molecule has 0 aliphatic heterocycles. The summed E-state index contributed by atoms with van der Waals surface area (Å²) in [4.78, 5) is 12.0. The van der Waals surface area contributed by atoms with Crippen molar-refractivity contribution in [2.75, 3.05) is 0 Å². The van der Waals surface area contributed by atoms with E-state index >= 15 is 0 Å². The van der Waals surface area contributed by atoms with Crippen molar-refractivity contribution < 1.29 is 9.18 Å². The predicted octanol–water partition coefficient (Wildman–Crippen LogP) is 3.85. The summed E-state index contributed by atoms with van der Waals surface area (Å²) < 4.78 is 13.5. The Kier molecular flexibility index (Phi) is 6.66. The van der Waals surface area contributed by atoms with Gasteiger partial charge in [-0.25, -0.2) is 4.39 Å². The second-order valence-corrected chi connectivity index (χ2v) is 6.06. The highest BCUT2D eigenvalue weighted by Crippen LogP contribution is 2.19. The number of Topliss-reactive ketones (excluding diaryl/α,β-unsaturated/α-hetero) is 1. The van der Waals surface area contributed by atoms with E-state index in [2.05, 4.69) is 15.9 Å². The van der Waals surface area contributed by atoms with Crippen molar-refractivity contribution in [3.05, 3.63) is 34.1 Å². The lowest BCUT2D eigenvalue weighted by atomic mass is 9.94. The molecule has 1 aromatic rings. The van der Waals surface area contributed by atoms with Crippen LogP contribution in [0.2, 0.25) is 0 Å². The molecule has 0 spiro atoms. The lowest BCUT2D eigenvalue weighted by Crippen LogP contribution is -2.17. The summed E-state index contributed by atoms with van der Waals surface area (Å²) in [5.41, 5.74) is 6.53. The average Bonchev–Trinajstić information content (AvgIpc) is 2.33. The predicted molar refractivity (Wildman–Crippen MR) is 79.5 cm³/mol. The zero-order chi connectivity index (χ0) is 14.4. The molecule has 2 N–H and O–H groups in total. The molecule has 0 bridgehead atoms. The fraction of sp³-hybridized carbons (Fsp3) is 0.533. The van der Waals surface area contributed by atoms with E-state index < -0.39 is 0 Å². The minimum absolute atomic E-state index is 0.0302. The summed E-state index contributed by atoms with van der Waals surface area (Å²) in [6, 6.07) is 4.90. The maximum atomic E-state index is 13.1. The van der Waals surface area contributed by atoms with Gasteiger partial charge in [0.05, 0.1) is 4.47 Å². The summed E-state index contributed by atoms with van der Waals surface area (Å²) in [5, 5.41) is 0. The van der Waals surface area contributed by atoms with Gasteiger partial charge in [0.2, 0.25) is 0 Å². The van der Waals surface area contributed by atoms with E-state index in [9.17, 15) is 9.18 Å². The molecule has 2 unspecified atom stereocenters. The van der Waals surface area contributed by atoms with E-state index in [1.807, 2.05) is 13.8 Å². The number of hydrogen-bond acceptors (Lipinski definition) is 2. The molecule has 0 fully saturated rings. The zero-order valence-corrected chi connectivity index (χ0v) is 13.0. The van der Waals surface area contributed by atoms with Gasteiger partial charge in [0.15, 0.2) is 0 Å². The van der Waals surface area contributed by atoms with Crippen LogP contribution in [0.25, 0.3) is 0 Å². The molecule has 0 radical (unpaired) electrons. The Morgan fingerprint density at radius 1 is 1.37 bits per heavy atom. The van der Waals surface area contributed by atoms with Gasteiger partial charge in [0, 0.05) is 18.4 Å². The summed E-state index contributed by atoms with van der Waals surface area (Å²) >= 11 is 3.13. The molecule has 0 aromatic heterocycles. The Morgan fingerprint density at radius 3 is 2.63 bits per heavy atom. The van der Waals surface area contributed by atoms with Crippen LogP contribution in [0.5, 0.6) is 0 Å². The summed E-state index contributed by atoms with van der Waals surface area (Å²) in [6.07, 6.45) is 3.14. The second-order valence-electron chi connectivity index (χ2n) is 5.20. The molecule has 0 heterocycles. The van der Waals surface area contributed by atoms with Crippen molar-refractivity contribution in [3.8, 4) is 0 Å². The van der Waals surface area contributed by atoms with Crippen LogP contribution in [-0.4, -0.2) is 11.8 Å². The van der Waals surface area contributed by atoms with Crippen LogP contribution >= 0.6 is 15.9 Å². The smallest absolute Gasteiger partial charge is 0.140 e. The molecule has 19 heavy (non-hydrogen) atoms. The largest absolute Gasteiger partial charge is 0.328 e. The number of benzene rings is 1. The standard InChI is InChI=1S/C15H21BrFNO/c1-10(4-3-5-11(2)18)15(19)9-12-6-7-14(17)13(16)8-12/h6-8,10-11H,3-5,9,18H2,1-2H3. The van der Waals surface area contributed by atoms with Crippen molar-refractivity contribution >= 4 is 21.7 Å². The van der Waals surface area contributed by atoms with Crippen molar-refractivity contribution in [1.29, 1.82) is 0 Å². The molecule has 2 nitrogen and oxygen atoms in total. The first-order valence-electron chi connectivity index (χ1n) is 6.62. The van der Waals surface area contributed by atoms with Crippen LogP contribution in [0, 0.1) is 11.7 Å². The van der Waals surface area contributed by atoms with Crippen LogP contribution < -0.4 is 5.73 Å². The van der Waals surface area contributed by atoms with Gasteiger partial charge < -0.3 is 5.73 Å². The third-order valence-corrected chi connectivity index (χ3v) is 3.82. The number of carbonyl (C=O) groups is 1. The van der Waals surface area contributed by atoms with Gasteiger partial charge in [-0.15, -0.1) is 0 Å². The van der Waals surface area contributed by atoms with Gasteiger partial charge in [-0.05, 0) is 53.4 Å². The van der Waals surface area contributed by atoms with Crippen molar-refractivity contribution in [1.82, 2.24) is 0 Å². The molecule has 1 rings (SSSR count). The molecule has 0 saturated heterocycles. The topological polar surface area (TPSA) is 43.1 Å². The van der Waals surface area contributed by atoms with E-state index in [1.54, 1.807) is 12.1 Å². The minimum atomic E-state index is -0.304. The number of ketones is 1. The van der Waals surface area contributed by atoms with Gasteiger partial charge in [0.25, 0.3) is 0 Å². The van der Waals surface area contributed by atoms with Crippen LogP contribution in [0.3, 0.4) is 0 Å². The lowest BCUT2D eigenvalue weighted by Gasteiger charge is -2.11. The third-order valence-electron chi connectivity index (χ3n) is 3.21. The second kappa shape index (κ2) is 7.75. The first kappa shape index (κ1) is 16.3. The van der Waals surface area contributed by atoms with Crippen LogP contribution in [-0.2, 0) is 11.2 Å². The molecular weight excluding hydrogens is 309 g/mol. The Bertz CT molecular complexity index is 434. The van der Waals surface area contributed by atoms with Gasteiger partial charge in [0.1, 0.15) is 11.6 Å². The van der Waals surface area contributed by atoms with Crippen LogP contribution in [0.4, 0.5) is 4.39 Å². The first-order chi connectivity index (χ1) is 8.90. The monoisotopic (exact) mass is 329 g/mol. The maximum absolute atomic E-state index is 13.1. The van der Waals surface area contributed by atoms with Crippen molar-refractivity contribution in [2.45, 2.75) is 45.6 Å². The molecular formula is C15H21BrFNO. The van der Waals surface area contributed by atoms with Gasteiger partial charge in [-0.2, -0.15) is 0 Å². The number of halogens is 2. The van der Waals surface area contributed by atoms with E-state index in [0.717, 1.165) is 24.8 Å². The fourth-order valence-corrected chi connectivity index (χ4v) is 2.36. The van der Waals surface area contributed by atoms with Crippen LogP contribution in [0.1, 0.15) is 38.7 Å². The van der Waals surface area contributed by atoms with E-state index in [-0.39, 0.29) is 23.6 Å². The van der Waals surface area contributed by atoms with Crippen LogP contribution in [0.15, 0.2) is 22.7 Å². The van der Waals surface area contributed by atoms with Gasteiger partial charge in [-0.3, -0.25) is 4.79 Å². The van der Waals surface area contributed by atoms with Gasteiger partial charge >= 0.3 is 0 Å². The Labute approximate surface area is 122 Å². The highest BCUT2D eigenvalue weighted by molar-refractivity contribution is 9.10. The highest BCUT2D eigenvalue weighted by atomic mass is 79.9. The van der Waals surface area contributed by atoms with Crippen molar-refractivity contribution in [2.24, 2.45) is 11.7 Å². The normalized spacial score (nSPS) is 14.2. The number of carbonyl (C=O) groups excluding carboxylic acids is 1. The van der Waals surface area contributed by atoms with Crippen molar-refractivity contribution in [3.63, 3.8) is 0 Å². The first-order valence-corrected chi connectivity index (χ1v) is 7.41. The van der Waals surface area contributed by atoms with E-state index in [1.165, 1.54) is 6.07 Å². The molecule has 0 aliphatic carbocycles. The Morgan fingerprint density at radius 2 is 2.05 bits per heavy atom. The fourth-order valence-electron chi connectivity index (χ4n) is 1.93. The Balaban J connectivity index is 2.47. The van der Waals surface area contributed by atoms with E-state index in [4.69, 9.17) is 5.73 Å². The molecule has 4 heteroatoms. The number of hydrogen-bond donors (Lipinski definition) is 1. The average molecular weight is 330 g/mol. The molecule has 1 aromatic carbocycles. The molecule has 0 saturated carbocycles. The lowest BCUT2D eigenvalue weighted by molar-refractivity contribution is -0.121. The summed E-state index contributed by atoms with van der Waals surface area (Å²) in [7, 11) is 0. The highest BCUT2D eigenvalue weighted by Gasteiger charge is 2.14. The molecule has 106 valence electrons. The summed E-state index contributed by atoms with van der Waals surface area (Å²) in [5.74, 6) is -0.0769. The SMILES string of the molecule is CC(N)CCCC(C)C(=O)Cc1ccc(F)c(Br)c1. The summed E-state index contributed by atoms with van der Waals surface area (Å²) in [6.45, 7) is 3.92. The zero-order valence-electron chi connectivity index (χ0n) is 11.5. The molecule has 0 amide bonds. The number of nitrogens with two attached hydrogens (primary N) is 1. The third kappa shape index (κ3) is 5.83. The molecule has 0 aliphatic rings.